The van der Waals surface area contributed by atoms with Crippen LogP contribution in [0.15, 0.2) is 42.5 Å². The summed E-state index contributed by atoms with van der Waals surface area (Å²) in [5.41, 5.74) is 1.02. The summed E-state index contributed by atoms with van der Waals surface area (Å²) < 4.78 is 48.6. The Morgan fingerprint density at radius 3 is 2.47 bits per heavy atom. The summed E-state index contributed by atoms with van der Waals surface area (Å²) >= 11 is 0. The van der Waals surface area contributed by atoms with Gasteiger partial charge in [0.2, 0.25) is 10.0 Å². The number of hydrogen-bond acceptors (Lipinski definition) is 5. The Kier molecular flexibility index (Phi) is 8.56. The van der Waals surface area contributed by atoms with Gasteiger partial charge in [0.05, 0.1) is 17.4 Å². The molecule has 0 saturated carbocycles. The SMILES string of the molecule is Cc1cc(-c2ccccc2)cc(C(=O)CNS(=O)(=O)C(C)C2CCCN(C(=O)OC(C)(C)C)C2)c1F. The summed E-state index contributed by atoms with van der Waals surface area (Å²) in [6, 6.07) is 12.4. The van der Waals surface area contributed by atoms with Gasteiger partial charge in [-0.3, -0.25) is 4.79 Å². The van der Waals surface area contributed by atoms with Gasteiger partial charge in [0.25, 0.3) is 0 Å². The molecule has 1 saturated heterocycles. The zero-order chi connectivity index (χ0) is 26.7. The number of carbonyl (C=O) groups excluding carboxylic acids is 2. The molecule has 3 rings (SSSR count). The Morgan fingerprint density at radius 1 is 1.17 bits per heavy atom. The van der Waals surface area contributed by atoms with Crippen LogP contribution in [-0.2, 0) is 14.8 Å². The van der Waals surface area contributed by atoms with E-state index in [0.29, 0.717) is 30.5 Å². The molecule has 1 amide bonds. The fourth-order valence-electron chi connectivity index (χ4n) is 4.30. The van der Waals surface area contributed by atoms with Crippen LogP contribution in [0, 0.1) is 18.7 Å². The predicted molar refractivity (Wildman–Crippen MR) is 138 cm³/mol. The van der Waals surface area contributed by atoms with Crippen molar-refractivity contribution in [2.75, 3.05) is 19.6 Å². The van der Waals surface area contributed by atoms with E-state index in [1.54, 1.807) is 40.7 Å². The number of sulfonamides is 1. The van der Waals surface area contributed by atoms with Gasteiger partial charge < -0.3 is 9.64 Å². The first kappa shape index (κ1) is 27.8. The minimum Gasteiger partial charge on any atom is -0.444 e. The molecule has 2 aromatic rings. The molecular formula is C27H35FN2O5S. The molecule has 1 N–H and O–H groups in total. The third-order valence-corrected chi connectivity index (χ3v) is 8.27. The Balaban J connectivity index is 1.69. The molecule has 2 aromatic carbocycles. The number of ketones is 1. The number of rotatable bonds is 7. The second kappa shape index (κ2) is 11.1. The number of carbonyl (C=O) groups is 2. The van der Waals surface area contributed by atoms with E-state index >= 15 is 0 Å². The van der Waals surface area contributed by atoms with Crippen molar-refractivity contribution < 1.29 is 27.1 Å². The summed E-state index contributed by atoms with van der Waals surface area (Å²) in [6.45, 7) is 8.67. The average Bonchev–Trinajstić information content (AvgIpc) is 2.83. The van der Waals surface area contributed by atoms with Gasteiger partial charge in [0.1, 0.15) is 11.4 Å². The van der Waals surface area contributed by atoms with Crippen molar-refractivity contribution in [1.82, 2.24) is 9.62 Å². The molecule has 2 unspecified atom stereocenters. The van der Waals surface area contributed by atoms with Gasteiger partial charge in [0.15, 0.2) is 5.78 Å². The standard InChI is InChI=1S/C27H35FN2O5S/c1-18-14-22(20-10-7-6-8-11-20)15-23(25(18)28)24(31)16-29-36(33,34)19(2)21-12-9-13-30(17-21)26(32)35-27(3,4)5/h6-8,10-11,14-15,19,21,29H,9,12-13,16-17H2,1-5H3. The number of piperidine rings is 1. The number of aryl methyl sites for hydroxylation is 1. The highest BCUT2D eigenvalue weighted by Crippen LogP contribution is 2.27. The molecule has 0 radical (unpaired) electrons. The van der Waals surface area contributed by atoms with E-state index in [4.69, 9.17) is 4.74 Å². The Morgan fingerprint density at radius 2 is 1.83 bits per heavy atom. The predicted octanol–water partition coefficient (Wildman–Crippen LogP) is 4.94. The van der Waals surface area contributed by atoms with Crippen molar-refractivity contribution in [3.05, 3.63) is 59.4 Å². The highest BCUT2D eigenvalue weighted by atomic mass is 32.2. The molecule has 1 aliphatic heterocycles. The van der Waals surface area contributed by atoms with Crippen LogP contribution < -0.4 is 4.72 Å². The monoisotopic (exact) mass is 518 g/mol. The number of nitrogens with zero attached hydrogens (tertiary/aromatic N) is 1. The number of halogens is 1. The zero-order valence-electron chi connectivity index (χ0n) is 21.5. The minimum atomic E-state index is -3.90. The molecule has 0 bridgehead atoms. The maximum atomic E-state index is 14.8. The van der Waals surface area contributed by atoms with E-state index in [9.17, 15) is 22.4 Å². The third kappa shape index (κ3) is 6.91. The van der Waals surface area contributed by atoms with E-state index in [2.05, 4.69) is 4.72 Å². The molecule has 1 fully saturated rings. The fraction of sp³-hybridized carbons (Fsp3) is 0.481. The lowest BCUT2D eigenvalue weighted by atomic mass is 9.95. The van der Waals surface area contributed by atoms with E-state index in [0.717, 1.165) is 5.56 Å². The largest absolute Gasteiger partial charge is 0.444 e. The maximum absolute atomic E-state index is 14.8. The van der Waals surface area contributed by atoms with Crippen molar-refractivity contribution in [2.24, 2.45) is 5.92 Å². The van der Waals surface area contributed by atoms with Gasteiger partial charge in [-0.15, -0.1) is 0 Å². The topological polar surface area (TPSA) is 92.8 Å². The minimum absolute atomic E-state index is 0.155. The van der Waals surface area contributed by atoms with Crippen LogP contribution in [0.5, 0.6) is 0 Å². The third-order valence-electron chi connectivity index (χ3n) is 6.36. The smallest absolute Gasteiger partial charge is 0.410 e. The fourth-order valence-corrected chi connectivity index (χ4v) is 5.63. The molecular weight excluding hydrogens is 483 g/mol. The van der Waals surface area contributed by atoms with Crippen LogP contribution >= 0.6 is 0 Å². The van der Waals surface area contributed by atoms with Gasteiger partial charge in [-0.2, -0.15) is 0 Å². The summed E-state index contributed by atoms with van der Waals surface area (Å²) in [5, 5.41) is -0.849. The number of amides is 1. The lowest BCUT2D eigenvalue weighted by Gasteiger charge is -2.36. The lowest BCUT2D eigenvalue weighted by molar-refractivity contribution is 0.0165. The molecule has 36 heavy (non-hydrogen) atoms. The lowest BCUT2D eigenvalue weighted by Crippen LogP contribution is -2.48. The number of ether oxygens (including phenoxy) is 1. The van der Waals surface area contributed by atoms with Gasteiger partial charge in [0, 0.05) is 13.1 Å². The van der Waals surface area contributed by atoms with E-state index in [1.807, 2.05) is 30.3 Å². The van der Waals surface area contributed by atoms with Gasteiger partial charge in [-0.25, -0.2) is 22.3 Å². The van der Waals surface area contributed by atoms with E-state index in [1.165, 1.54) is 11.0 Å². The van der Waals surface area contributed by atoms with Crippen LogP contribution in [0.25, 0.3) is 11.1 Å². The number of hydrogen-bond donors (Lipinski definition) is 1. The maximum Gasteiger partial charge on any atom is 0.410 e. The first-order chi connectivity index (χ1) is 16.8. The summed E-state index contributed by atoms with van der Waals surface area (Å²) in [6.07, 6.45) is 0.811. The van der Waals surface area contributed by atoms with Crippen molar-refractivity contribution in [3.63, 3.8) is 0 Å². The van der Waals surface area contributed by atoms with Crippen molar-refractivity contribution in [1.29, 1.82) is 0 Å². The summed E-state index contributed by atoms with van der Waals surface area (Å²) in [5.74, 6) is -1.63. The Labute approximate surface area is 213 Å². The van der Waals surface area contributed by atoms with Crippen LogP contribution in [-0.4, -0.2) is 55.7 Å². The quantitative estimate of drug-likeness (QED) is 0.524. The van der Waals surface area contributed by atoms with E-state index < -0.39 is 45.1 Å². The highest BCUT2D eigenvalue weighted by Gasteiger charge is 2.35. The van der Waals surface area contributed by atoms with Gasteiger partial charge >= 0.3 is 6.09 Å². The Bertz CT molecular complexity index is 1210. The van der Waals surface area contributed by atoms with Crippen molar-refractivity contribution in [2.45, 2.75) is 58.3 Å². The molecule has 1 heterocycles. The molecule has 0 aliphatic carbocycles. The normalized spacial score (nSPS) is 17.5. The second-order valence-electron chi connectivity index (χ2n) is 10.3. The molecule has 2 atom stereocenters. The number of nitrogens with one attached hydrogen (secondary N) is 1. The van der Waals surface area contributed by atoms with Crippen molar-refractivity contribution >= 4 is 21.9 Å². The first-order valence-electron chi connectivity index (χ1n) is 12.1. The number of likely N-dealkylation sites (tertiary alicyclic amines) is 1. The Hall–Kier alpha value is -2.78. The van der Waals surface area contributed by atoms with Crippen LogP contribution in [0.2, 0.25) is 0 Å². The van der Waals surface area contributed by atoms with Crippen LogP contribution in [0.1, 0.15) is 56.5 Å². The zero-order valence-corrected chi connectivity index (χ0v) is 22.3. The van der Waals surface area contributed by atoms with Gasteiger partial charge in [-0.1, -0.05) is 30.3 Å². The highest BCUT2D eigenvalue weighted by molar-refractivity contribution is 7.90. The van der Waals surface area contributed by atoms with Crippen molar-refractivity contribution in [3.8, 4) is 11.1 Å². The average molecular weight is 519 g/mol. The van der Waals surface area contributed by atoms with Gasteiger partial charge in [-0.05, 0) is 82.2 Å². The first-order valence-corrected chi connectivity index (χ1v) is 13.7. The number of Topliss-reactive ketones (excluding diaryl/α,β-unsaturated/α-hetero) is 1. The molecule has 196 valence electrons. The molecule has 0 aromatic heterocycles. The molecule has 7 nitrogen and oxygen atoms in total. The van der Waals surface area contributed by atoms with Crippen LogP contribution in [0.3, 0.4) is 0 Å². The second-order valence-corrected chi connectivity index (χ2v) is 12.5. The number of benzene rings is 2. The van der Waals surface area contributed by atoms with Crippen LogP contribution in [0.4, 0.5) is 9.18 Å². The molecule has 0 spiro atoms. The molecule has 9 heteroatoms. The summed E-state index contributed by atoms with van der Waals surface area (Å²) in [7, 11) is -3.90. The molecule has 1 aliphatic rings. The van der Waals surface area contributed by atoms with E-state index in [-0.39, 0.29) is 18.0 Å². The summed E-state index contributed by atoms with van der Waals surface area (Å²) in [4.78, 5) is 26.9.